The molecule has 1 aromatic heterocycles. The third-order valence-electron chi connectivity index (χ3n) is 6.14. The number of amides is 1. The van der Waals surface area contributed by atoms with Crippen LogP contribution in [0.4, 0.5) is 5.69 Å². The van der Waals surface area contributed by atoms with Gasteiger partial charge in [0.1, 0.15) is 4.53 Å². The monoisotopic (exact) mass is 519 g/mol. The molecule has 0 fully saturated rings. The van der Waals surface area contributed by atoms with E-state index in [-0.39, 0.29) is 22.6 Å². The third kappa shape index (κ3) is 3.73. The van der Waals surface area contributed by atoms with Crippen molar-refractivity contribution in [3.05, 3.63) is 108 Å². The van der Waals surface area contributed by atoms with Crippen molar-refractivity contribution in [2.75, 3.05) is 18.1 Å². The molecule has 7 nitrogen and oxygen atoms in total. The van der Waals surface area contributed by atoms with Crippen LogP contribution in [0, 0.1) is 0 Å². The van der Waals surface area contributed by atoms with E-state index in [4.69, 9.17) is 16.3 Å². The number of benzene rings is 2. The van der Waals surface area contributed by atoms with E-state index in [2.05, 4.69) is 11.6 Å². The predicted molar refractivity (Wildman–Crippen MR) is 140 cm³/mol. The summed E-state index contributed by atoms with van der Waals surface area (Å²) in [5, 5.41) is 0.530. The highest BCUT2D eigenvalue weighted by Crippen LogP contribution is 2.35. The second-order valence-electron chi connectivity index (χ2n) is 8.27. The second-order valence-corrected chi connectivity index (χ2v) is 9.68. The highest BCUT2D eigenvalue weighted by atomic mass is 35.5. The Morgan fingerprint density at radius 3 is 2.61 bits per heavy atom. The molecule has 2 aliphatic heterocycles. The summed E-state index contributed by atoms with van der Waals surface area (Å²) in [6.07, 6.45) is 1.65. The fraction of sp³-hybridized carbons (Fsp3) is 0.185. The lowest BCUT2D eigenvalue weighted by atomic mass is 9.96. The van der Waals surface area contributed by atoms with Crippen molar-refractivity contribution in [1.82, 2.24) is 4.57 Å². The molecule has 0 saturated heterocycles. The first kappa shape index (κ1) is 24.0. The molecule has 2 aromatic carbocycles. The first-order valence-corrected chi connectivity index (χ1v) is 12.6. The molecule has 9 heteroatoms. The molecule has 0 radical (unpaired) electrons. The van der Waals surface area contributed by atoms with Crippen LogP contribution in [0.3, 0.4) is 0 Å². The lowest BCUT2D eigenvalue weighted by Crippen LogP contribution is -2.41. The molecule has 0 spiro atoms. The molecule has 0 unspecified atom stereocenters. The van der Waals surface area contributed by atoms with E-state index in [1.165, 1.54) is 4.57 Å². The number of thiazole rings is 1. The average Bonchev–Trinajstić information content (AvgIpc) is 3.32. The molecule has 3 aromatic rings. The average molecular weight is 520 g/mol. The van der Waals surface area contributed by atoms with Gasteiger partial charge in [0, 0.05) is 17.1 Å². The molecule has 0 saturated carbocycles. The van der Waals surface area contributed by atoms with E-state index in [9.17, 15) is 14.4 Å². The van der Waals surface area contributed by atoms with Gasteiger partial charge in [-0.3, -0.25) is 14.2 Å². The van der Waals surface area contributed by atoms with Gasteiger partial charge in [-0.1, -0.05) is 59.3 Å². The summed E-state index contributed by atoms with van der Waals surface area (Å²) >= 11 is 7.25. The van der Waals surface area contributed by atoms with Crippen LogP contribution in [0.1, 0.15) is 31.0 Å². The number of para-hydroxylation sites is 1. The number of halogens is 1. The van der Waals surface area contributed by atoms with Gasteiger partial charge in [0.2, 0.25) is 0 Å². The normalized spacial score (nSPS) is 18.0. The van der Waals surface area contributed by atoms with E-state index in [1.54, 1.807) is 49.1 Å². The van der Waals surface area contributed by atoms with E-state index >= 15 is 0 Å². The van der Waals surface area contributed by atoms with Crippen LogP contribution in [-0.2, 0) is 14.3 Å². The minimum atomic E-state index is -0.775. The number of hydrogen-bond donors (Lipinski definition) is 0. The van der Waals surface area contributed by atoms with Crippen LogP contribution < -0.4 is 19.8 Å². The minimum absolute atomic E-state index is 0.182. The largest absolute Gasteiger partial charge is 0.463 e. The van der Waals surface area contributed by atoms with Crippen molar-refractivity contribution in [3.63, 3.8) is 0 Å². The van der Waals surface area contributed by atoms with E-state index in [0.717, 1.165) is 17.0 Å². The second kappa shape index (κ2) is 9.37. The van der Waals surface area contributed by atoms with Crippen molar-refractivity contribution in [1.29, 1.82) is 0 Å². The molecule has 0 bridgehead atoms. The Balaban J connectivity index is 1.82. The number of carbonyl (C=O) groups excluding carboxylic acids is 2. The van der Waals surface area contributed by atoms with Crippen LogP contribution in [0.25, 0.3) is 5.57 Å². The van der Waals surface area contributed by atoms with Gasteiger partial charge < -0.3 is 9.64 Å². The number of nitrogens with zero attached hydrogens (tertiary/aromatic N) is 3. The zero-order valence-electron chi connectivity index (χ0n) is 19.7. The molecular formula is C27H22ClN3O4S. The van der Waals surface area contributed by atoms with Crippen LogP contribution in [0.2, 0.25) is 5.02 Å². The maximum Gasteiger partial charge on any atom is 0.338 e. The Bertz CT molecular complexity index is 1630. The van der Waals surface area contributed by atoms with Gasteiger partial charge in [-0.2, -0.15) is 0 Å². The highest BCUT2D eigenvalue weighted by Gasteiger charge is 2.37. The van der Waals surface area contributed by atoms with Gasteiger partial charge in [-0.15, -0.1) is 6.58 Å². The standard InChI is InChI=1S/C27H22ClN3O4S/c1-4-14-30-19-9-7-6-8-18(19)21(24(30)32)23-25(33)31-22(16-10-12-17(28)13-11-16)20(26(34)35-5-2)15(3)29-27(31)36-23/h4,6-13,22H,1,5,14H2,2-3H3/t22-/m1/s1. The SMILES string of the molecule is C=CCN1C(=O)C(=c2sc3n(c2=O)[C@H](c2ccc(Cl)cc2)C(C(=O)OCC)=C(C)N=3)c2ccccc21. The number of rotatable bonds is 5. The van der Waals surface area contributed by atoms with Gasteiger partial charge in [0.25, 0.3) is 11.5 Å². The third-order valence-corrected chi connectivity index (χ3v) is 7.45. The first-order chi connectivity index (χ1) is 17.4. The Hall–Kier alpha value is -3.75. The number of carbonyl (C=O) groups is 2. The topological polar surface area (TPSA) is 81.0 Å². The van der Waals surface area contributed by atoms with Crippen molar-refractivity contribution >= 4 is 46.1 Å². The van der Waals surface area contributed by atoms with Gasteiger partial charge in [0.05, 0.1) is 35.2 Å². The molecule has 36 heavy (non-hydrogen) atoms. The fourth-order valence-electron chi connectivity index (χ4n) is 4.61. The van der Waals surface area contributed by atoms with Crippen molar-refractivity contribution in [2.45, 2.75) is 19.9 Å². The molecule has 2 aliphatic rings. The van der Waals surface area contributed by atoms with Gasteiger partial charge in [-0.05, 0) is 37.6 Å². The summed E-state index contributed by atoms with van der Waals surface area (Å²) < 4.78 is 7.07. The maximum absolute atomic E-state index is 14.0. The summed E-state index contributed by atoms with van der Waals surface area (Å²) in [5.41, 5.74) is 2.74. The molecular weight excluding hydrogens is 498 g/mol. The summed E-state index contributed by atoms with van der Waals surface area (Å²) in [6.45, 7) is 7.70. The molecule has 0 N–H and O–H groups in total. The van der Waals surface area contributed by atoms with Gasteiger partial charge in [-0.25, -0.2) is 9.79 Å². The summed E-state index contributed by atoms with van der Waals surface area (Å²) in [6, 6.07) is 13.5. The Morgan fingerprint density at radius 2 is 1.92 bits per heavy atom. The van der Waals surface area contributed by atoms with Gasteiger partial charge in [0.15, 0.2) is 4.80 Å². The van der Waals surface area contributed by atoms with Crippen LogP contribution in [-0.4, -0.2) is 29.6 Å². The Labute approximate surface area is 215 Å². The zero-order chi connectivity index (χ0) is 25.6. The summed E-state index contributed by atoms with van der Waals surface area (Å²) in [5.74, 6) is -0.818. The molecule has 1 atom stereocenters. The number of allylic oxidation sites excluding steroid dienone is 1. The highest BCUT2D eigenvalue weighted by molar-refractivity contribution is 7.07. The van der Waals surface area contributed by atoms with Crippen molar-refractivity contribution in [3.8, 4) is 0 Å². The molecule has 5 rings (SSSR count). The first-order valence-electron chi connectivity index (χ1n) is 11.4. The van der Waals surface area contributed by atoms with Crippen molar-refractivity contribution < 1.29 is 14.3 Å². The fourth-order valence-corrected chi connectivity index (χ4v) is 5.87. The van der Waals surface area contributed by atoms with Crippen LogP contribution in [0.15, 0.2) is 82.2 Å². The Morgan fingerprint density at radius 1 is 1.19 bits per heavy atom. The lowest BCUT2D eigenvalue weighted by Gasteiger charge is -2.24. The number of anilines is 1. The molecule has 0 aliphatic carbocycles. The number of aromatic nitrogens is 1. The number of fused-ring (bicyclic) bond motifs is 2. The van der Waals surface area contributed by atoms with E-state index in [1.807, 2.05) is 24.3 Å². The summed E-state index contributed by atoms with van der Waals surface area (Å²) in [7, 11) is 0. The van der Waals surface area contributed by atoms with Crippen molar-refractivity contribution in [2.24, 2.45) is 4.99 Å². The zero-order valence-corrected chi connectivity index (χ0v) is 21.2. The maximum atomic E-state index is 14.0. The van der Waals surface area contributed by atoms with Crippen LogP contribution in [0.5, 0.6) is 0 Å². The van der Waals surface area contributed by atoms with Gasteiger partial charge >= 0.3 is 5.97 Å². The minimum Gasteiger partial charge on any atom is -0.463 e. The molecule has 3 heterocycles. The number of esters is 1. The van der Waals surface area contributed by atoms with E-state index in [0.29, 0.717) is 38.8 Å². The molecule has 1 amide bonds. The van der Waals surface area contributed by atoms with E-state index < -0.39 is 17.6 Å². The predicted octanol–water partition coefficient (Wildman–Crippen LogP) is 3.35. The molecule has 182 valence electrons. The lowest BCUT2D eigenvalue weighted by molar-refractivity contribution is -0.139. The number of hydrogen-bond acceptors (Lipinski definition) is 6. The Kier molecular flexibility index (Phi) is 6.24. The van der Waals surface area contributed by atoms with Crippen LogP contribution >= 0.6 is 22.9 Å². The summed E-state index contributed by atoms with van der Waals surface area (Å²) in [4.78, 5) is 47.1. The smallest absolute Gasteiger partial charge is 0.338 e. The number of ether oxygens (including phenoxy) is 1. The quantitative estimate of drug-likeness (QED) is 0.382.